The number of thiophene rings is 1. The molecule has 0 bridgehead atoms. The van der Waals surface area contributed by atoms with Crippen LogP contribution < -0.4 is 5.32 Å². The molecular weight excluding hydrogens is 372 g/mol. The maximum Gasteiger partial charge on any atom is 0.245 e. The monoisotopic (exact) mass is 392 g/mol. The molecule has 0 atom stereocenters. The van der Waals surface area contributed by atoms with Crippen molar-refractivity contribution in [2.45, 2.75) is 50.1 Å². The van der Waals surface area contributed by atoms with Crippen molar-refractivity contribution in [2.75, 3.05) is 13.1 Å². The summed E-state index contributed by atoms with van der Waals surface area (Å²) in [4.78, 5) is 1.51. The molecule has 3 rings (SSSR count). The predicted octanol–water partition coefficient (Wildman–Crippen LogP) is 3.18. The molecule has 118 valence electrons. The summed E-state index contributed by atoms with van der Waals surface area (Å²) in [6.07, 6.45) is 4.38. The molecule has 0 aromatic carbocycles. The Kier molecular flexibility index (Phi) is 4.76. The van der Waals surface area contributed by atoms with Crippen LogP contribution in [0.2, 0.25) is 0 Å². The fourth-order valence-corrected chi connectivity index (χ4v) is 6.76. The zero-order valence-corrected chi connectivity index (χ0v) is 15.4. The molecule has 7 heteroatoms. The molecular formula is C14H21BrN2O2S2. The number of hydrogen-bond donors (Lipinski definition) is 1. The molecule has 21 heavy (non-hydrogen) atoms. The fraction of sp³-hybridized carbons (Fsp3) is 0.714. The van der Waals surface area contributed by atoms with Gasteiger partial charge in [-0.3, -0.25) is 0 Å². The number of sulfonamides is 1. The molecule has 1 aromatic rings. The lowest BCUT2D eigenvalue weighted by molar-refractivity contribution is 0.388. The quantitative estimate of drug-likeness (QED) is 0.738. The number of hydrogen-bond acceptors (Lipinski definition) is 4. The average Bonchev–Trinajstić information content (AvgIpc) is 3.32. The molecule has 2 saturated carbocycles. The molecule has 0 amide bonds. The van der Waals surface area contributed by atoms with Crippen LogP contribution in [0.1, 0.15) is 37.5 Å². The van der Waals surface area contributed by atoms with Gasteiger partial charge in [-0.1, -0.05) is 6.92 Å². The second kappa shape index (κ2) is 6.28. The third-order valence-electron chi connectivity index (χ3n) is 3.93. The largest absolute Gasteiger partial charge is 0.312 e. The highest BCUT2D eigenvalue weighted by molar-refractivity contribution is 9.11. The van der Waals surface area contributed by atoms with Gasteiger partial charge in [0.15, 0.2) is 0 Å². The molecule has 1 N–H and O–H groups in total. The van der Waals surface area contributed by atoms with Crippen molar-refractivity contribution in [2.24, 2.45) is 5.92 Å². The maximum atomic E-state index is 13.0. The van der Waals surface area contributed by atoms with E-state index in [4.69, 9.17) is 0 Å². The van der Waals surface area contributed by atoms with Crippen LogP contribution in [0, 0.1) is 5.92 Å². The summed E-state index contributed by atoms with van der Waals surface area (Å²) < 4.78 is 28.4. The molecule has 0 saturated heterocycles. The van der Waals surface area contributed by atoms with Gasteiger partial charge in [-0.15, -0.1) is 11.3 Å². The van der Waals surface area contributed by atoms with E-state index >= 15 is 0 Å². The highest BCUT2D eigenvalue weighted by Gasteiger charge is 2.42. The summed E-state index contributed by atoms with van der Waals surface area (Å²) in [6.45, 7) is 4.36. The standard InChI is InChI=1S/C14H21BrN2O2S2/c1-2-16-8-12-7-13(14(15)20-12)21(18,19)17(11-5-6-11)9-10-3-4-10/h7,10-11,16H,2-6,8-9H2,1H3. The first-order valence-electron chi connectivity index (χ1n) is 7.53. The van der Waals surface area contributed by atoms with Gasteiger partial charge in [0.1, 0.15) is 4.90 Å². The van der Waals surface area contributed by atoms with E-state index in [1.165, 1.54) is 24.2 Å². The van der Waals surface area contributed by atoms with E-state index in [1.54, 1.807) is 4.31 Å². The van der Waals surface area contributed by atoms with Gasteiger partial charge in [0.05, 0.1) is 3.79 Å². The van der Waals surface area contributed by atoms with Crippen LogP contribution >= 0.6 is 27.3 Å². The summed E-state index contributed by atoms with van der Waals surface area (Å²) in [5.41, 5.74) is 0. The van der Waals surface area contributed by atoms with Gasteiger partial charge in [-0.05, 0) is 60.1 Å². The topological polar surface area (TPSA) is 49.4 Å². The number of nitrogens with zero attached hydrogens (tertiary/aromatic N) is 1. The van der Waals surface area contributed by atoms with E-state index in [0.717, 1.165) is 34.6 Å². The van der Waals surface area contributed by atoms with Crippen molar-refractivity contribution >= 4 is 37.3 Å². The summed E-state index contributed by atoms with van der Waals surface area (Å²) >= 11 is 4.96. The normalized spacial score (nSPS) is 19.4. The van der Waals surface area contributed by atoms with Crippen molar-refractivity contribution in [1.29, 1.82) is 0 Å². The minimum Gasteiger partial charge on any atom is -0.312 e. The zero-order valence-electron chi connectivity index (χ0n) is 12.1. The lowest BCUT2D eigenvalue weighted by atomic mass is 10.4. The summed E-state index contributed by atoms with van der Waals surface area (Å²) in [5.74, 6) is 0.582. The average molecular weight is 393 g/mol. The SMILES string of the molecule is CCNCc1cc(S(=O)(=O)N(CC2CC2)C2CC2)c(Br)s1. The lowest BCUT2D eigenvalue weighted by Gasteiger charge is -2.21. The van der Waals surface area contributed by atoms with Gasteiger partial charge in [0, 0.05) is 24.0 Å². The highest BCUT2D eigenvalue weighted by atomic mass is 79.9. The van der Waals surface area contributed by atoms with Crippen LogP contribution in [0.5, 0.6) is 0 Å². The summed E-state index contributed by atoms with van der Waals surface area (Å²) in [6, 6.07) is 2.06. The van der Waals surface area contributed by atoms with Crippen LogP contribution in [0.15, 0.2) is 14.7 Å². The summed E-state index contributed by atoms with van der Waals surface area (Å²) in [5, 5.41) is 3.24. The Balaban J connectivity index is 1.83. The molecule has 2 fully saturated rings. The van der Waals surface area contributed by atoms with Crippen LogP contribution in [-0.4, -0.2) is 31.9 Å². The van der Waals surface area contributed by atoms with Crippen molar-refractivity contribution in [3.05, 3.63) is 14.7 Å². The Labute approximate surface area is 139 Å². The molecule has 0 radical (unpaired) electrons. The third-order valence-corrected chi connectivity index (χ3v) is 8.10. The number of halogens is 1. The predicted molar refractivity (Wildman–Crippen MR) is 89.0 cm³/mol. The molecule has 0 unspecified atom stereocenters. The molecule has 0 spiro atoms. The van der Waals surface area contributed by atoms with Gasteiger partial charge in [0.2, 0.25) is 10.0 Å². The van der Waals surface area contributed by atoms with E-state index < -0.39 is 10.0 Å². The molecule has 0 aliphatic heterocycles. The van der Waals surface area contributed by atoms with Gasteiger partial charge in [-0.2, -0.15) is 4.31 Å². The van der Waals surface area contributed by atoms with Crippen LogP contribution in [0.25, 0.3) is 0 Å². The van der Waals surface area contributed by atoms with E-state index in [2.05, 4.69) is 21.2 Å². The Bertz CT molecular complexity index is 606. The van der Waals surface area contributed by atoms with Gasteiger partial charge < -0.3 is 5.32 Å². The minimum atomic E-state index is -3.36. The molecule has 4 nitrogen and oxygen atoms in total. The second-order valence-corrected chi connectivity index (χ2v) is 10.2. The first-order valence-corrected chi connectivity index (χ1v) is 10.6. The Morgan fingerprint density at radius 2 is 2.10 bits per heavy atom. The Morgan fingerprint density at radius 1 is 1.38 bits per heavy atom. The van der Waals surface area contributed by atoms with Crippen molar-refractivity contribution in [1.82, 2.24) is 9.62 Å². The minimum absolute atomic E-state index is 0.236. The van der Waals surface area contributed by atoms with E-state index in [1.807, 2.05) is 13.0 Å². The van der Waals surface area contributed by atoms with Crippen LogP contribution in [-0.2, 0) is 16.6 Å². The number of nitrogens with one attached hydrogen (secondary N) is 1. The number of rotatable bonds is 8. The smallest absolute Gasteiger partial charge is 0.245 e. The zero-order chi connectivity index (χ0) is 15.0. The Hall–Kier alpha value is 0.0500. The summed E-state index contributed by atoms with van der Waals surface area (Å²) in [7, 11) is -3.36. The lowest BCUT2D eigenvalue weighted by Crippen LogP contribution is -2.34. The van der Waals surface area contributed by atoms with E-state index in [9.17, 15) is 8.42 Å². The van der Waals surface area contributed by atoms with Crippen LogP contribution in [0.4, 0.5) is 0 Å². The maximum absolute atomic E-state index is 13.0. The van der Waals surface area contributed by atoms with Crippen molar-refractivity contribution in [3.8, 4) is 0 Å². The van der Waals surface area contributed by atoms with Crippen LogP contribution in [0.3, 0.4) is 0 Å². The van der Waals surface area contributed by atoms with Crippen molar-refractivity contribution < 1.29 is 8.42 Å². The highest BCUT2D eigenvalue weighted by Crippen LogP contribution is 2.41. The molecule has 1 aromatic heterocycles. The molecule has 2 aliphatic carbocycles. The first kappa shape index (κ1) is 15.9. The second-order valence-electron chi connectivity index (χ2n) is 5.88. The fourth-order valence-electron chi connectivity index (χ4n) is 2.40. The van der Waals surface area contributed by atoms with E-state index in [0.29, 0.717) is 17.4 Å². The first-order chi connectivity index (χ1) is 10.0. The molecule has 2 aliphatic rings. The molecule has 1 heterocycles. The van der Waals surface area contributed by atoms with Gasteiger partial charge in [0.25, 0.3) is 0 Å². The van der Waals surface area contributed by atoms with Gasteiger partial charge in [-0.25, -0.2) is 8.42 Å². The van der Waals surface area contributed by atoms with E-state index in [-0.39, 0.29) is 6.04 Å². The Morgan fingerprint density at radius 3 is 2.67 bits per heavy atom. The van der Waals surface area contributed by atoms with Gasteiger partial charge >= 0.3 is 0 Å². The van der Waals surface area contributed by atoms with Crippen molar-refractivity contribution in [3.63, 3.8) is 0 Å². The third kappa shape index (κ3) is 3.69.